The van der Waals surface area contributed by atoms with E-state index < -0.39 is 0 Å². The van der Waals surface area contributed by atoms with Gasteiger partial charge in [-0.2, -0.15) is 0 Å². The lowest BCUT2D eigenvalue weighted by Gasteiger charge is -2.10. The number of hydrogen-bond acceptors (Lipinski definition) is 2. The van der Waals surface area contributed by atoms with Crippen molar-refractivity contribution in [3.05, 3.63) is 50.2 Å². The van der Waals surface area contributed by atoms with Crippen LogP contribution in [0.15, 0.2) is 33.6 Å². The fraction of sp³-hybridized carbons (Fsp3) is 0.214. The van der Waals surface area contributed by atoms with Crippen molar-refractivity contribution < 1.29 is 4.74 Å². The highest BCUT2D eigenvalue weighted by atomic mass is 35.5. The molecule has 0 radical (unpaired) electrons. The number of rotatable bonds is 3. The van der Waals surface area contributed by atoms with Crippen molar-refractivity contribution in [2.45, 2.75) is 13.3 Å². The maximum absolute atomic E-state index is 12.1. The second-order valence-electron chi connectivity index (χ2n) is 4.14. The molecule has 100 valence electrons. The summed E-state index contributed by atoms with van der Waals surface area (Å²) in [6.07, 6.45) is 2.00. The molecule has 0 atom stereocenters. The maximum atomic E-state index is 12.1. The monoisotopic (exact) mass is 297 g/mol. The van der Waals surface area contributed by atoms with E-state index in [0.717, 1.165) is 10.9 Å². The van der Waals surface area contributed by atoms with Gasteiger partial charge in [0.1, 0.15) is 10.2 Å². The van der Waals surface area contributed by atoms with Gasteiger partial charge in [-0.25, -0.2) is 0 Å². The SMILES string of the molecule is COc1cccc2c(C)c(CC=C(Cl)Cl)c(=O)[nH]c12. The van der Waals surface area contributed by atoms with Crippen LogP contribution in [0.4, 0.5) is 0 Å². The van der Waals surface area contributed by atoms with Gasteiger partial charge in [0.15, 0.2) is 0 Å². The van der Waals surface area contributed by atoms with Crippen molar-refractivity contribution in [1.82, 2.24) is 4.98 Å². The van der Waals surface area contributed by atoms with Crippen LogP contribution >= 0.6 is 23.2 Å². The molecule has 0 bridgehead atoms. The molecule has 1 N–H and O–H groups in total. The zero-order valence-corrected chi connectivity index (χ0v) is 12.1. The largest absolute Gasteiger partial charge is 0.495 e. The van der Waals surface area contributed by atoms with Crippen LogP contribution in [0.25, 0.3) is 10.9 Å². The predicted molar refractivity (Wildman–Crippen MR) is 79.4 cm³/mol. The predicted octanol–water partition coefficient (Wildman–Crippen LogP) is 3.71. The molecule has 1 aromatic carbocycles. The average Bonchev–Trinajstić information content (AvgIpc) is 2.37. The molecule has 0 spiro atoms. The number of para-hydroxylation sites is 1. The van der Waals surface area contributed by atoms with Gasteiger partial charge < -0.3 is 9.72 Å². The number of allylic oxidation sites excluding steroid dienone is 1. The molecule has 5 heteroatoms. The number of hydrogen-bond donors (Lipinski definition) is 1. The van der Waals surface area contributed by atoms with E-state index in [9.17, 15) is 4.79 Å². The van der Waals surface area contributed by atoms with Crippen molar-refractivity contribution in [1.29, 1.82) is 0 Å². The van der Waals surface area contributed by atoms with Gasteiger partial charge in [-0.05, 0) is 31.1 Å². The lowest BCUT2D eigenvalue weighted by atomic mass is 10.0. The van der Waals surface area contributed by atoms with Crippen molar-refractivity contribution in [3.63, 3.8) is 0 Å². The highest BCUT2D eigenvalue weighted by molar-refractivity contribution is 6.55. The van der Waals surface area contributed by atoms with E-state index in [1.165, 1.54) is 0 Å². The molecule has 1 aromatic heterocycles. The van der Waals surface area contributed by atoms with Gasteiger partial charge in [0.2, 0.25) is 0 Å². The highest BCUT2D eigenvalue weighted by Crippen LogP contribution is 2.26. The van der Waals surface area contributed by atoms with Crippen molar-refractivity contribution in [2.75, 3.05) is 7.11 Å². The number of H-pyrrole nitrogens is 1. The fourth-order valence-corrected chi connectivity index (χ4v) is 2.24. The number of halogens is 2. The number of fused-ring (bicyclic) bond motifs is 1. The third-order valence-corrected chi connectivity index (χ3v) is 3.38. The Balaban J connectivity index is 2.69. The Kier molecular flexibility index (Phi) is 4.17. The standard InChI is InChI=1S/C14H13Cl2NO2/c1-8-9-4-3-5-11(19-2)13(9)17-14(18)10(8)6-7-12(15)16/h3-5,7H,6H2,1-2H3,(H,17,18). The summed E-state index contributed by atoms with van der Waals surface area (Å²) in [4.78, 5) is 15.0. The van der Waals surface area contributed by atoms with Crippen LogP contribution in [0.5, 0.6) is 5.75 Å². The van der Waals surface area contributed by atoms with Crippen LogP contribution in [-0.2, 0) is 6.42 Å². The summed E-state index contributed by atoms with van der Waals surface area (Å²) in [7, 11) is 1.58. The van der Waals surface area contributed by atoms with Crippen LogP contribution in [0, 0.1) is 6.92 Å². The van der Waals surface area contributed by atoms with E-state index in [-0.39, 0.29) is 10.1 Å². The molecule has 2 rings (SSSR count). The van der Waals surface area contributed by atoms with Gasteiger partial charge in [0.25, 0.3) is 5.56 Å². The number of ether oxygens (including phenoxy) is 1. The second-order valence-corrected chi connectivity index (χ2v) is 5.15. The lowest BCUT2D eigenvalue weighted by molar-refractivity contribution is 0.419. The Morgan fingerprint density at radius 1 is 1.42 bits per heavy atom. The lowest BCUT2D eigenvalue weighted by Crippen LogP contribution is -2.14. The number of aryl methyl sites for hydroxylation is 1. The summed E-state index contributed by atoms with van der Waals surface area (Å²) >= 11 is 11.2. The fourth-order valence-electron chi connectivity index (χ4n) is 2.09. The number of aromatic amines is 1. The topological polar surface area (TPSA) is 42.1 Å². The Morgan fingerprint density at radius 2 is 2.16 bits per heavy atom. The van der Waals surface area contributed by atoms with Gasteiger partial charge in [-0.1, -0.05) is 35.3 Å². The quantitative estimate of drug-likeness (QED) is 0.938. The van der Waals surface area contributed by atoms with Crippen molar-refractivity contribution >= 4 is 34.1 Å². The zero-order chi connectivity index (χ0) is 14.0. The molecule has 2 aromatic rings. The number of nitrogens with one attached hydrogen (secondary N) is 1. The van der Waals surface area contributed by atoms with Crippen LogP contribution in [0.2, 0.25) is 0 Å². The number of aromatic nitrogens is 1. The molecule has 0 unspecified atom stereocenters. The second kappa shape index (κ2) is 5.68. The van der Waals surface area contributed by atoms with Crippen molar-refractivity contribution in [3.8, 4) is 5.75 Å². The van der Waals surface area contributed by atoms with E-state index in [1.807, 2.05) is 25.1 Å². The number of pyridine rings is 1. The normalized spacial score (nSPS) is 10.5. The molecule has 0 aliphatic carbocycles. The maximum Gasteiger partial charge on any atom is 0.252 e. The summed E-state index contributed by atoms with van der Waals surface area (Å²) in [5.74, 6) is 0.648. The van der Waals surface area contributed by atoms with Gasteiger partial charge in [0.05, 0.1) is 12.6 Å². The van der Waals surface area contributed by atoms with Gasteiger partial charge >= 0.3 is 0 Å². The Morgan fingerprint density at radius 3 is 2.79 bits per heavy atom. The molecular weight excluding hydrogens is 285 g/mol. The first-order chi connectivity index (χ1) is 9.04. The van der Waals surface area contributed by atoms with E-state index >= 15 is 0 Å². The summed E-state index contributed by atoms with van der Waals surface area (Å²) < 4.78 is 5.41. The van der Waals surface area contributed by atoms with Gasteiger partial charge in [-0.15, -0.1) is 0 Å². The van der Waals surface area contributed by atoms with Crippen LogP contribution in [0.3, 0.4) is 0 Å². The first kappa shape index (κ1) is 14.0. The summed E-state index contributed by atoms with van der Waals surface area (Å²) in [5.41, 5.74) is 2.11. The van der Waals surface area contributed by atoms with E-state index in [4.69, 9.17) is 27.9 Å². The molecule has 0 saturated heterocycles. The first-order valence-corrected chi connectivity index (χ1v) is 6.49. The summed E-state index contributed by atoms with van der Waals surface area (Å²) in [6, 6.07) is 5.65. The molecule has 19 heavy (non-hydrogen) atoms. The minimum atomic E-state index is -0.152. The minimum Gasteiger partial charge on any atom is -0.495 e. The summed E-state index contributed by atoms with van der Waals surface area (Å²) in [6.45, 7) is 1.91. The van der Waals surface area contributed by atoms with Crippen LogP contribution < -0.4 is 10.3 Å². The molecule has 0 saturated carbocycles. The smallest absolute Gasteiger partial charge is 0.252 e. The molecule has 0 amide bonds. The highest BCUT2D eigenvalue weighted by Gasteiger charge is 2.10. The van der Waals surface area contributed by atoms with Gasteiger partial charge in [0, 0.05) is 10.9 Å². The van der Waals surface area contributed by atoms with E-state index in [2.05, 4.69) is 4.98 Å². The Bertz CT molecular complexity index is 700. The zero-order valence-electron chi connectivity index (χ0n) is 10.6. The number of methoxy groups -OCH3 is 1. The van der Waals surface area contributed by atoms with Crippen molar-refractivity contribution in [2.24, 2.45) is 0 Å². The Hall–Kier alpha value is -1.45. The number of benzene rings is 1. The molecule has 1 heterocycles. The minimum absolute atomic E-state index is 0.152. The first-order valence-electron chi connectivity index (χ1n) is 5.74. The van der Waals surface area contributed by atoms with E-state index in [1.54, 1.807) is 13.2 Å². The van der Waals surface area contributed by atoms with Crippen LogP contribution in [-0.4, -0.2) is 12.1 Å². The van der Waals surface area contributed by atoms with Gasteiger partial charge in [-0.3, -0.25) is 4.79 Å². The van der Waals surface area contributed by atoms with E-state index in [0.29, 0.717) is 23.3 Å². The third-order valence-electron chi connectivity index (χ3n) is 3.08. The Labute approximate surface area is 120 Å². The molecule has 3 nitrogen and oxygen atoms in total. The third kappa shape index (κ3) is 2.77. The molecular formula is C14H13Cl2NO2. The molecule has 0 fully saturated rings. The van der Waals surface area contributed by atoms with Crippen LogP contribution in [0.1, 0.15) is 11.1 Å². The summed E-state index contributed by atoms with van der Waals surface area (Å²) in [5, 5.41) is 0.952. The molecule has 0 aliphatic heterocycles. The average molecular weight is 298 g/mol. The molecule has 0 aliphatic rings.